The number of methoxy groups -OCH3 is 1. The summed E-state index contributed by atoms with van der Waals surface area (Å²) in [4.78, 5) is 4.93. The largest absolute Gasteiger partial charge is 0.496 e. The fourth-order valence-corrected chi connectivity index (χ4v) is 4.57. The van der Waals surface area contributed by atoms with Gasteiger partial charge in [-0.25, -0.2) is 4.98 Å². The molecule has 0 unspecified atom stereocenters. The Morgan fingerprint density at radius 3 is 2.24 bits per heavy atom. The molecule has 0 aliphatic carbocycles. The molecule has 0 spiro atoms. The molecule has 1 heterocycles. The van der Waals surface area contributed by atoms with Crippen LogP contribution < -0.4 is 4.74 Å². The second-order valence-corrected chi connectivity index (χ2v) is 7.02. The van der Waals surface area contributed by atoms with E-state index in [2.05, 4.69) is 66.7 Å². The highest BCUT2D eigenvalue weighted by atomic mass is 32.1. The van der Waals surface area contributed by atoms with Crippen molar-refractivity contribution >= 4 is 43.1 Å². The fourth-order valence-electron chi connectivity index (χ4n) is 3.40. The van der Waals surface area contributed by atoms with Gasteiger partial charge in [0.2, 0.25) is 0 Å². The van der Waals surface area contributed by atoms with Crippen molar-refractivity contribution in [1.29, 1.82) is 0 Å². The highest BCUT2D eigenvalue weighted by Crippen LogP contribution is 2.42. The lowest BCUT2D eigenvalue weighted by Gasteiger charge is -2.09. The lowest BCUT2D eigenvalue weighted by atomic mass is 10.0. The zero-order valence-corrected chi connectivity index (χ0v) is 14.5. The number of ether oxygens (including phenoxy) is 1. The van der Waals surface area contributed by atoms with Gasteiger partial charge in [0.15, 0.2) is 0 Å². The van der Waals surface area contributed by atoms with Crippen LogP contribution in [0, 0.1) is 0 Å². The number of rotatable bonds is 2. The van der Waals surface area contributed by atoms with E-state index in [1.807, 2.05) is 6.07 Å². The summed E-state index contributed by atoms with van der Waals surface area (Å²) in [6.45, 7) is 0. The summed E-state index contributed by atoms with van der Waals surface area (Å²) in [5.41, 5.74) is 2.11. The molecule has 1 aromatic heterocycles. The van der Waals surface area contributed by atoms with Crippen molar-refractivity contribution in [2.75, 3.05) is 7.11 Å². The molecule has 0 aliphatic heterocycles. The predicted molar refractivity (Wildman–Crippen MR) is 107 cm³/mol. The number of benzene rings is 4. The minimum Gasteiger partial charge on any atom is -0.496 e. The number of hydrogen-bond acceptors (Lipinski definition) is 3. The number of hydrogen-bond donors (Lipinski definition) is 0. The fraction of sp³-hybridized carbons (Fsp3) is 0.0455. The molecule has 0 saturated heterocycles. The van der Waals surface area contributed by atoms with Crippen LogP contribution in [-0.4, -0.2) is 12.1 Å². The molecule has 120 valence electrons. The van der Waals surface area contributed by atoms with Gasteiger partial charge in [0.25, 0.3) is 0 Å². The molecule has 0 bridgehead atoms. The smallest absolute Gasteiger partial charge is 0.129 e. The summed E-state index contributed by atoms with van der Waals surface area (Å²) >= 11 is 1.73. The van der Waals surface area contributed by atoms with Crippen LogP contribution in [0.25, 0.3) is 42.3 Å². The summed E-state index contributed by atoms with van der Waals surface area (Å²) in [5.74, 6) is 0.863. The summed E-state index contributed by atoms with van der Waals surface area (Å²) in [6, 6.07) is 25.2. The van der Waals surface area contributed by atoms with Crippen LogP contribution in [0.2, 0.25) is 0 Å². The first-order valence-electron chi connectivity index (χ1n) is 8.19. The standard InChI is InChI=1S/C22H15NOS/c1-24-19-13-11-14-6-2-4-8-16(14)20(19)22-23-18-12-10-15-7-3-5-9-17(15)21(18)25-22/h2-13H,1H3. The number of nitrogens with zero attached hydrogens (tertiary/aromatic N) is 1. The monoisotopic (exact) mass is 341 g/mol. The Morgan fingerprint density at radius 2 is 1.44 bits per heavy atom. The van der Waals surface area contributed by atoms with Gasteiger partial charge in [-0.1, -0.05) is 60.7 Å². The summed E-state index contributed by atoms with van der Waals surface area (Å²) in [7, 11) is 1.72. The van der Waals surface area contributed by atoms with Crippen molar-refractivity contribution in [1.82, 2.24) is 4.98 Å². The quantitative estimate of drug-likeness (QED) is 0.377. The van der Waals surface area contributed by atoms with E-state index in [-0.39, 0.29) is 0 Å². The van der Waals surface area contributed by atoms with Gasteiger partial charge in [0.1, 0.15) is 10.8 Å². The summed E-state index contributed by atoms with van der Waals surface area (Å²) in [5, 5.41) is 5.87. The molecule has 0 fully saturated rings. The molecule has 2 nitrogen and oxygen atoms in total. The zero-order chi connectivity index (χ0) is 16.8. The molecule has 0 saturated carbocycles. The maximum absolute atomic E-state index is 5.66. The van der Waals surface area contributed by atoms with Gasteiger partial charge in [-0.15, -0.1) is 11.3 Å². The van der Waals surface area contributed by atoms with Crippen molar-refractivity contribution < 1.29 is 4.74 Å². The Kier molecular flexibility index (Phi) is 3.22. The van der Waals surface area contributed by atoms with Crippen LogP contribution in [0.15, 0.2) is 72.8 Å². The Morgan fingerprint density at radius 1 is 0.760 bits per heavy atom. The summed E-state index contributed by atoms with van der Waals surface area (Å²) < 4.78 is 6.88. The van der Waals surface area contributed by atoms with Crippen LogP contribution in [0.3, 0.4) is 0 Å². The molecule has 0 aliphatic rings. The van der Waals surface area contributed by atoms with Gasteiger partial charge in [-0.2, -0.15) is 0 Å². The molecule has 3 heteroatoms. The van der Waals surface area contributed by atoms with E-state index < -0.39 is 0 Å². The predicted octanol–water partition coefficient (Wildman–Crippen LogP) is 6.28. The van der Waals surface area contributed by atoms with Gasteiger partial charge >= 0.3 is 0 Å². The Labute approximate surface area is 149 Å². The van der Waals surface area contributed by atoms with Crippen molar-refractivity contribution in [3.63, 3.8) is 0 Å². The van der Waals surface area contributed by atoms with Crippen LogP contribution >= 0.6 is 11.3 Å². The molecular formula is C22H15NOS. The Balaban J connectivity index is 1.87. The highest BCUT2D eigenvalue weighted by molar-refractivity contribution is 7.22. The first-order valence-corrected chi connectivity index (χ1v) is 9.01. The molecule has 0 amide bonds. The molecule has 25 heavy (non-hydrogen) atoms. The maximum atomic E-state index is 5.66. The molecular weight excluding hydrogens is 326 g/mol. The third-order valence-corrected chi connectivity index (χ3v) is 5.73. The van der Waals surface area contributed by atoms with E-state index >= 15 is 0 Å². The van der Waals surface area contributed by atoms with Gasteiger partial charge in [0, 0.05) is 5.39 Å². The van der Waals surface area contributed by atoms with Crippen LogP contribution in [-0.2, 0) is 0 Å². The van der Waals surface area contributed by atoms with E-state index in [0.717, 1.165) is 21.8 Å². The third-order valence-electron chi connectivity index (χ3n) is 4.60. The first kappa shape index (κ1) is 14.4. The highest BCUT2D eigenvalue weighted by Gasteiger charge is 2.16. The molecule has 0 atom stereocenters. The van der Waals surface area contributed by atoms with Gasteiger partial charge < -0.3 is 4.74 Å². The maximum Gasteiger partial charge on any atom is 0.129 e. The van der Waals surface area contributed by atoms with E-state index in [1.54, 1.807) is 18.4 Å². The van der Waals surface area contributed by atoms with E-state index in [1.165, 1.54) is 26.2 Å². The molecule has 5 rings (SSSR count). The van der Waals surface area contributed by atoms with E-state index in [9.17, 15) is 0 Å². The van der Waals surface area contributed by atoms with Gasteiger partial charge in [-0.05, 0) is 28.3 Å². The van der Waals surface area contributed by atoms with Gasteiger partial charge in [0.05, 0.1) is 22.9 Å². The van der Waals surface area contributed by atoms with Crippen molar-refractivity contribution in [3.8, 4) is 16.3 Å². The molecule has 0 N–H and O–H groups in total. The summed E-state index contributed by atoms with van der Waals surface area (Å²) in [6.07, 6.45) is 0. The zero-order valence-electron chi connectivity index (χ0n) is 13.7. The van der Waals surface area contributed by atoms with Crippen LogP contribution in [0.5, 0.6) is 5.75 Å². The first-order chi connectivity index (χ1) is 12.3. The normalized spacial score (nSPS) is 11.4. The van der Waals surface area contributed by atoms with E-state index in [4.69, 9.17) is 9.72 Å². The topological polar surface area (TPSA) is 22.1 Å². The molecule has 0 radical (unpaired) electrons. The number of aromatic nitrogens is 1. The van der Waals surface area contributed by atoms with Crippen LogP contribution in [0.1, 0.15) is 0 Å². The Hall–Kier alpha value is -2.91. The van der Waals surface area contributed by atoms with Crippen molar-refractivity contribution in [2.45, 2.75) is 0 Å². The van der Waals surface area contributed by atoms with Crippen LogP contribution in [0.4, 0.5) is 0 Å². The van der Waals surface area contributed by atoms with Gasteiger partial charge in [-0.3, -0.25) is 0 Å². The van der Waals surface area contributed by atoms with Crippen molar-refractivity contribution in [2.24, 2.45) is 0 Å². The van der Waals surface area contributed by atoms with E-state index in [0.29, 0.717) is 0 Å². The lowest BCUT2D eigenvalue weighted by Crippen LogP contribution is -1.89. The van der Waals surface area contributed by atoms with Crippen molar-refractivity contribution in [3.05, 3.63) is 72.8 Å². The second kappa shape index (κ2) is 5.57. The number of thiazole rings is 1. The minimum atomic E-state index is 0.863. The SMILES string of the molecule is COc1ccc2ccccc2c1-c1nc2ccc3ccccc3c2s1. The third kappa shape index (κ3) is 2.20. The molecule has 5 aromatic rings. The minimum absolute atomic E-state index is 0.863. The average molecular weight is 341 g/mol. The Bertz CT molecular complexity index is 1240. The molecule has 4 aromatic carbocycles. The number of fused-ring (bicyclic) bond motifs is 4. The lowest BCUT2D eigenvalue weighted by molar-refractivity contribution is 0.417. The second-order valence-electron chi connectivity index (χ2n) is 6.02. The average Bonchev–Trinajstić information content (AvgIpc) is 3.11.